The summed E-state index contributed by atoms with van der Waals surface area (Å²) < 4.78 is 27.4. The zero-order chi connectivity index (χ0) is 11.2. The zero-order valence-corrected chi connectivity index (χ0v) is 10.6. The molecule has 0 spiro atoms. The van der Waals surface area contributed by atoms with Crippen molar-refractivity contribution in [2.24, 2.45) is 5.41 Å². The first-order valence-electron chi connectivity index (χ1n) is 4.89. The van der Waals surface area contributed by atoms with Gasteiger partial charge in [0.1, 0.15) is 0 Å². The number of halogens is 1. The van der Waals surface area contributed by atoms with E-state index in [0.29, 0.717) is 13.2 Å². The zero-order valence-electron chi connectivity index (χ0n) is 9.05. The Bertz CT molecular complexity index is 245. The maximum Gasteiger partial charge on any atom is 0.233 e. The Morgan fingerprint density at radius 2 is 1.71 bits per heavy atom. The maximum atomic E-state index is 11.0. The van der Waals surface area contributed by atoms with Crippen LogP contribution in [0.2, 0.25) is 0 Å². The molecule has 0 radical (unpaired) electrons. The molecule has 0 atom stereocenters. The quantitative estimate of drug-likeness (QED) is 0.644. The molecule has 0 heterocycles. The minimum atomic E-state index is -3.44. The molecule has 0 amide bonds. The minimum absolute atomic E-state index is 0.00540. The summed E-state index contributed by atoms with van der Waals surface area (Å²) in [5.74, 6) is -0.00540. The van der Waals surface area contributed by atoms with E-state index in [4.69, 9.17) is 15.4 Å². The van der Waals surface area contributed by atoms with Gasteiger partial charge in [0.05, 0.1) is 12.4 Å². The van der Waals surface area contributed by atoms with Gasteiger partial charge in [-0.15, -0.1) is 0 Å². The van der Waals surface area contributed by atoms with E-state index in [1.54, 1.807) is 0 Å². The van der Waals surface area contributed by atoms with Gasteiger partial charge < -0.3 is 4.74 Å². The van der Waals surface area contributed by atoms with Crippen LogP contribution in [0.1, 0.15) is 33.6 Å². The summed E-state index contributed by atoms with van der Waals surface area (Å²) in [4.78, 5) is 0. The van der Waals surface area contributed by atoms with Crippen molar-refractivity contribution in [2.75, 3.05) is 19.0 Å². The van der Waals surface area contributed by atoms with Crippen LogP contribution < -0.4 is 0 Å². The molecule has 0 aliphatic rings. The minimum Gasteiger partial charge on any atom is -0.381 e. The van der Waals surface area contributed by atoms with Gasteiger partial charge >= 0.3 is 0 Å². The molecule has 0 N–H and O–H groups in total. The fraction of sp³-hybridized carbons (Fsp3) is 1.00. The van der Waals surface area contributed by atoms with Crippen molar-refractivity contribution >= 4 is 19.7 Å². The monoisotopic (exact) mass is 242 g/mol. The summed E-state index contributed by atoms with van der Waals surface area (Å²) in [5.41, 5.74) is -0.323. The van der Waals surface area contributed by atoms with Gasteiger partial charge in [0.2, 0.25) is 9.05 Å². The van der Waals surface area contributed by atoms with Crippen LogP contribution in [-0.4, -0.2) is 27.4 Å². The van der Waals surface area contributed by atoms with E-state index in [0.717, 1.165) is 12.8 Å². The Labute approximate surface area is 91.2 Å². The van der Waals surface area contributed by atoms with Crippen LogP contribution in [0, 0.1) is 5.41 Å². The van der Waals surface area contributed by atoms with Crippen LogP contribution in [-0.2, 0) is 13.8 Å². The number of ether oxygens (including phenoxy) is 1. The molecule has 5 heteroatoms. The van der Waals surface area contributed by atoms with Crippen LogP contribution in [0.25, 0.3) is 0 Å². The Balaban J connectivity index is 4.53. The lowest BCUT2D eigenvalue weighted by atomic mass is 9.85. The third kappa shape index (κ3) is 5.17. The molecule has 0 aromatic carbocycles. The first kappa shape index (κ1) is 14.2. The molecule has 0 aromatic heterocycles. The van der Waals surface area contributed by atoms with Crippen molar-refractivity contribution in [3.05, 3.63) is 0 Å². The van der Waals surface area contributed by atoms with Crippen molar-refractivity contribution in [1.29, 1.82) is 0 Å². The average Bonchev–Trinajstić information content (AvgIpc) is 2.10. The molecule has 0 bridgehead atoms. The molecular formula is C9H19ClO3S. The molecule has 0 rings (SSSR count). The SMILES string of the molecule is CCOCC(CC)(CC)CS(=O)(=O)Cl. The third-order valence-electron chi connectivity index (χ3n) is 2.59. The normalized spacial score (nSPS) is 13.1. The number of hydrogen-bond donors (Lipinski definition) is 0. The van der Waals surface area contributed by atoms with Gasteiger partial charge in [0, 0.05) is 22.7 Å². The standard InChI is InChI=1S/C9H19ClO3S/c1-4-9(5-2,7-13-6-3)8-14(10,11)12/h4-8H2,1-3H3. The van der Waals surface area contributed by atoms with Crippen molar-refractivity contribution < 1.29 is 13.2 Å². The van der Waals surface area contributed by atoms with E-state index < -0.39 is 9.05 Å². The molecule has 0 saturated carbocycles. The van der Waals surface area contributed by atoms with Crippen molar-refractivity contribution in [3.63, 3.8) is 0 Å². The summed E-state index contributed by atoms with van der Waals surface area (Å²) in [6, 6.07) is 0. The first-order chi connectivity index (χ1) is 6.39. The highest BCUT2D eigenvalue weighted by molar-refractivity contribution is 8.13. The lowest BCUT2D eigenvalue weighted by molar-refractivity contribution is 0.0580. The van der Waals surface area contributed by atoms with Crippen LogP contribution in [0.3, 0.4) is 0 Å². The Hall–Kier alpha value is 0.200. The molecule has 14 heavy (non-hydrogen) atoms. The summed E-state index contributed by atoms with van der Waals surface area (Å²) in [7, 11) is 1.83. The smallest absolute Gasteiger partial charge is 0.233 e. The molecule has 0 aromatic rings. The van der Waals surface area contributed by atoms with Gasteiger partial charge in [-0.3, -0.25) is 0 Å². The van der Waals surface area contributed by atoms with Gasteiger partial charge in [0.15, 0.2) is 0 Å². The highest BCUT2D eigenvalue weighted by Gasteiger charge is 2.31. The molecule has 0 fully saturated rings. The largest absolute Gasteiger partial charge is 0.381 e. The molecule has 0 saturated heterocycles. The number of hydrogen-bond acceptors (Lipinski definition) is 3. The second-order valence-electron chi connectivity index (χ2n) is 3.53. The van der Waals surface area contributed by atoms with Crippen LogP contribution >= 0.6 is 10.7 Å². The predicted molar refractivity (Wildman–Crippen MR) is 59.1 cm³/mol. The van der Waals surface area contributed by atoms with E-state index in [9.17, 15) is 8.42 Å². The summed E-state index contributed by atoms with van der Waals surface area (Å²) in [6.07, 6.45) is 1.52. The maximum absolute atomic E-state index is 11.0. The number of rotatable bonds is 7. The topological polar surface area (TPSA) is 43.4 Å². The van der Waals surface area contributed by atoms with E-state index in [-0.39, 0.29) is 11.2 Å². The third-order valence-corrected chi connectivity index (χ3v) is 3.88. The van der Waals surface area contributed by atoms with Gasteiger partial charge in [-0.25, -0.2) is 8.42 Å². The van der Waals surface area contributed by atoms with Crippen molar-refractivity contribution in [2.45, 2.75) is 33.6 Å². The summed E-state index contributed by atoms with van der Waals surface area (Å²) in [6.45, 7) is 6.88. The molecule has 86 valence electrons. The average molecular weight is 243 g/mol. The van der Waals surface area contributed by atoms with Gasteiger partial charge in [0.25, 0.3) is 0 Å². The Morgan fingerprint density at radius 3 is 2.00 bits per heavy atom. The molecular weight excluding hydrogens is 224 g/mol. The molecule has 0 unspecified atom stereocenters. The highest BCUT2D eigenvalue weighted by Crippen LogP contribution is 2.29. The van der Waals surface area contributed by atoms with Crippen LogP contribution in [0.15, 0.2) is 0 Å². The first-order valence-corrected chi connectivity index (χ1v) is 7.37. The lowest BCUT2D eigenvalue weighted by Gasteiger charge is -2.29. The van der Waals surface area contributed by atoms with E-state index in [2.05, 4.69) is 0 Å². The van der Waals surface area contributed by atoms with Gasteiger partial charge in [-0.05, 0) is 19.8 Å². The summed E-state index contributed by atoms with van der Waals surface area (Å²) >= 11 is 0. The van der Waals surface area contributed by atoms with E-state index in [1.165, 1.54) is 0 Å². The molecule has 0 aliphatic heterocycles. The lowest BCUT2D eigenvalue weighted by Crippen LogP contribution is -2.32. The van der Waals surface area contributed by atoms with E-state index >= 15 is 0 Å². The Kier molecular flexibility index (Phi) is 6.02. The van der Waals surface area contributed by atoms with E-state index in [1.807, 2.05) is 20.8 Å². The van der Waals surface area contributed by atoms with Crippen molar-refractivity contribution in [3.8, 4) is 0 Å². The van der Waals surface area contributed by atoms with Crippen LogP contribution in [0.4, 0.5) is 0 Å². The summed E-state index contributed by atoms with van der Waals surface area (Å²) in [5, 5.41) is 0. The van der Waals surface area contributed by atoms with Crippen LogP contribution in [0.5, 0.6) is 0 Å². The fourth-order valence-electron chi connectivity index (χ4n) is 1.38. The molecule has 3 nitrogen and oxygen atoms in total. The second-order valence-corrected chi connectivity index (χ2v) is 6.30. The van der Waals surface area contributed by atoms with Gasteiger partial charge in [-0.1, -0.05) is 13.8 Å². The molecule has 0 aliphatic carbocycles. The fourth-order valence-corrected chi connectivity index (χ4v) is 3.30. The Morgan fingerprint density at radius 1 is 1.21 bits per heavy atom. The van der Waals surface area contributed by atoms with Gasteiger partial charge in [-0.2, -0.15) is 0 Å². The predicted octanol–water partition coefficient (Wildman–Crippen LogP) is 2.40. The van der Waals surface area contributed by atoms with Crippen molar-refractivity contribution in [1.82, 2.24) is 0 Å². The second kappa shape index (κ2) is 5.93. The highest BCUT2D eigenvalue weighted by atomic mass is 35.7.